The zero-order valence-corrected chi connectivity index (χ0v) is 11.3. The first-order valence-corrected chi connectivity index (χ1v) is 6.98. The minimum absolute atomic E-state index is 0.0356. The van der Waals surface area contributed by atoms with Crippen LogP contribution in [0.15, 0.2) is 36.5 Å². The molecule has 0 radical (unpaired) electrons. The number of para-hydroxylation sites is 1. The van der Waals surface area contributed by atoms with Crippen molar-refractivity contribution in [1.29, 1.82) is 0 Å². The van der Waals surface area contributed by atoms with Crippen LogP contribution < -0.4 is 4.18 Å². The van der Waals surface area contributed by atoms with Gasteiger partial charge in [0.25, 0.3) is 0 Å². The lowest BCUT2D eigenvalue weighted by atomic mass is 10.1. The minimum atomic E-state index is -3.65. The van der Waals surface area contributed by atoms with Crippen LogP contribution in [0.3, 0.4) is 0 Å². The van der Waals surface area contributed by atoms with E-state index in [0.717, 1.165) is 6.26 Å². The van der Waals surface area contributed by atoms with Crippen molar-refractivity contribution in [3.05, 3.63) is 42.1 Å². The zero-order valence-electron chi connectivity index (χ0n) is 10.5. The number of ketones is 1. The third-order valence-corrected chi connectivity index (χ3v) is 2.40. The first kappa shape index (κ1) is 14.2. The highest BCUT2D eigenvalue weighted by molar-refractivity contribution is 7.86. The van der Waals surface area contributed by atoms with Gasteiger partial charge in [-0.3, -0.25) is 4.79 Å². The van der Waals surface area contributed by atoms with E-state index in [4.69, 9.17) is 4.18 Å². The zero-order chi connectivity index (χ0) is 13.8. The van der Waals surface area contributed by atoms with Crippen molar-refractivity contribution in [3.8, 4) is 5.75 Å². The van der Waals surface area contributed by atoms with Crippen LogP contribution in [0, 0.1) is 0 Å². The number of rotatable bonds is 5. The fourth-order valence-corrected chi connectivity index (χ4v) is 1.68. The lowest BCUT2D eigenvalue weighted by Gasteiger charge is -2.07. The van der Waals surface area contributed by atoms with E-state index in [1.54, 1.807) is 37.3 Å². The third-order valence-electron chi connectivity index (χ3n) is 1.92. The summed E-state index contributed by atoms with van der Waals surface area (Å²) in [6.07, 6.45) is 3.87. The predicted molar refractivity (Wildman–Crippen MR) is 69.1 cm³/mol. The van der Waals surface area contributed by atoms with Gasteiger partial charge in [-0.05, 0) is 12.1 Å². The highest BCUT2D eigenvalue weighted by Crippen LogP contribution is 2.20. The monoisotopic (exact) mass is 269 g/mol. The van der Waals surface area contributed by atoms with Crippen LogP contribution in [-0.4, -0.2) is 39.5 Å². The normalized spacial score (nSPS) is 11.5. The number of hydrogen-bond donors (Lipinski definition) is 0. The van der Waals surface area contributed by atoms with Crippen molar-refractivity contribution in [2.75, 3.05) is 20.4 Å². The maximum absolute atomic E-state index is 11.9. The molecule has 0 bridgehead atoms. The van der Waals surface area contributed by atoms with E-state index < -0.39 is 10.1 Å². The van der Waals surface area contributed by atoms with Crippen LogP contribution >= 0.6 is 0 Å². The molecule has 0 aliphatic rings. The summed E-state index contributed by atoms with van der Waals surface area (Å²) >= 11 is 0. The topological polar surface area (TPSA) is 63.7 Å². The predicted octanol–water partition coefficient (Wildman–Crippen LogP) is 1.28. The molecule has 1 rings (SSSR count). The van der Waals surface area contributed by atoms with E-state index in [1.807, 2.05) is 0 Å². The van der Waals surface area contributed by atoms with Gasteiger partial charge in [-0.2, -0.15) is 8.42 Å². The molecular weight excluding hydrogens is 254 g/mol. The summed E-state index contributed by atoms with van der Waals surface area (Å²) in [5.74, 6) is -0.281. The average molecular weight is 269 g/mol. The minimum Gasteiger partial charge on any atom is -0.383 e. The lowest BCUT2D eigenvalue weighted by Crippen LogP contribution is -2.09. The van der Waals surface area contributed by atoms with Crippen LogP contribution in [-0.2, 0) is 10.1 Å². The number of carbonyl (C=O) groups excluding carboxylic acids is 1. The standard InChI is InChI=1S/C12H15NO4S/c1-13(2)9-8-11(14)10-6-4-5-7-12(10)17-18(3,15)16/h4-9H,1-3H3/b9-8+. The van der Waals surface area contributed by atoms with Crippen molar-refractivity contribution in [3.63, 3.8) is 0 Å². The second-order valence-corrected chi connectivity index (χ2v) is 5.50. The molecule has 18 heavy (non-hydrogen) atoms. The fraction of sp³-hybridized carbons (Fsp3) is 0.250. The largest absolute Gasteiger partial charge is 0.383 e. The van der Waals surface area contributed by atoms with Crippen LogP contribution in [0.4, 0.5) is 0 Å². The molecular formula is C12H15NO4S. The molecule has 5 nitrogen and oxygen atoms in total. The summed E-state index contributed by atoms with van der Waals surface area (Å²) < 4.78 is 26.9. The Balaban J connectivity index is 3.06. The Morgan fingerprint density at radius 2 is 1.89 bits per heavy atom. The van der Waals surface area contributed by atoms with Gasteiger partial charge in [0.2, 0.25) is 0 Å². The van der Waals surface area contributed by atoms with Gasteiger partial charge < -0.3 is 9.08 Å². The van der Waals surface area contributed by atoms with Crippen molar-refractivity contribution >= 4 is 15.9 Å². The summed E-state index contributed by atoms with van der Waals surface area (Å²) in [5, 5.41) is 0. The molecule has 0 fully saturated rings. The Labute approximate surface area is 107 Å². The molecule has 0 aliphatic heterocycles. The summed E-state index contributed by atoms with van der Waals surface area (Å²) in [6, 6.07) is 6.21. The first-order chi connectivity index (χ1) is 8.29. The molecule has 0 spiro atoms. The molecule has 0 aromatic heterocycles. The van der Waals surface area contributed by atoms with Crippen LogP contribution in [0.25, 0.3) is 0 Å². The molecule has 0 aliphatic carbocycles. The number of hydrogen-bond acceptors (Lipinski definition) is 5. The van der Waals surface area contributed by atoms with E-state index in [-0.39, 0.29) is 17.1 Å². The van der Waals surface area contributed by atoms with Gasteiger partial charge in [-0.1, -0.05) is 12.1 Å². The molecule has 1 aromatic carbocycles. The second-order valence-electron chi connectivity index (χ2n) is 3.93. The van der Waals surface area contributed by atoms with Crippen LogP contribution in [0.5, 0.6) is 5.75 Å². The van der Waals surface area contributed by atoms with Crippen molar-refractivity contribution in [2.45, 2.75) is 0 Å². The van der Waals surface area contributed by atoms with Gasteiger partial charge in [0.15, 0.2) is 11.5 Å². The Morgan fingerprint density at radius 3 is 2.44 bits per heavy atom. The molecule has 0 unspecified atom stereocenters. The van der Waals surface area contributed by atoms with Gasteiger partial charge in [0.05, 0.1) is 11.8 Å². The Bertz CT molecular complexity index is 561. The summed E-state index contributed by atoms with van der Waals surface area (Å²) in [7, 11) is -0.0903. The van der Waals surface area contributed by atoms with Crippen LogP contribution in [0.2, 0.25) is 0 Å². The van der Waals surface area contributed by atoms with Gasteiger partial charge in [0, 0.05) is 26.4 Å². The number of carbonyl (C=O) groups is 1. The first-order valence-electron chi connectivity index (χ1n) is 5.17. The van der Waals surface area contributed by atoms with E-state index in [0.29, 0.717) is 0 Å². The molecule has 1 aromatic rings. The average Bonchev–Trinajstić information content (AvgIpc) is 2.24. The maximum Gasteiger partial charge on any atom is 0.306 e. The molecule has 6 heteroatoms. The quantitative estimate of drug-likeness (QED) is 0.458. The number of allylic oxidation sites excluding steroid dienone is 1. The number of nitrogens with zero attached hydrogens (tertiary/aromatic N) is 1. The van der Waals surface area contributed by atoms with Crippen LogP contribution in [0.1, 0.15) is 10.4 Å². The van der Waals surface area contributed by atoms with Gasteiger partial charge in [-0.15, -0.1) is 0 Å². The summed E-state index contributed by atoms with van der Waals surface area (Å²) in [5.41, 5.74) is 0.209. The summed E-state index contributed by atoms with van der Waals surface area (Å²) in [6.45, 7) is 0. The fourth-order valence-electron chi connectivity index (χ4n) is 1.21. The summed E-state index contributed by atoms with van der Waals surface area (Å²) in [4.78, 5) is 13.6. The molecule has 0 heterocycles. The van der Waals surface area contributed by atoms with Gasteiger partial charge in [-0.25, -0.2) is 0 Å². The Kier molecular flexibility index (Phi) is 4.49. The van der Waals surface area contributed by atoms with Gasteiger partial charge >= 0.3 is 10.1 Å². The molecule has 0 atom stereocenters. The maximum atomic E-state index is 11.9. The molecule has 0 saturated heterocycles. The molecule has 0 amide bonds. The molecule has 0 saturated carbocycles. The second kappa shape index (κ2) is 5.68. The smallest absolute Gasteiger partial charge is 0.306 e. The van der Waals surface area contributed by atoms with E-state index in [9.17, 15) is 13.2 Å². The van der Waals surface area contributed by atoms with Gasteiger partial charge in [0.1, 0.15) is 0 Å². The lowest BCUT2D eigenvalue weighted by molar-refractivity contribution is 0.104. The Morgan fingerprint density at radius 1 is 1.28 bits per heavy atom. The molecule has 98 valence electrons. The SMILES string of the molecule is CN(C)/C=C/C(=O)c1ccccc1OS(C)(=O)=O. The van der Waals surface area contributed by atoms with Crippen molar-refractivity contribution < 1.29 is 17.4 Å². The highest BCUT2D eigenvalue weighted by atomic mass is 32.2. The van der Waals surface area contributed by atoms with E-state index in [2.05, 4.69) is 0 Å². The third kappa shape index (κ3) is 4.58. The van der Waals surface area contributed by atoms with Crippen molar-refractivity contribution in [1.82, 2.24) is 4.90 Å². The van der Waals surface area contributed by atoms with Crippen molar-refractivity contribution in [2.24, 2.45) is 0 Å². The Hall–Kier alpha value is -1.82. The van der Waals surface area contributed by atoms with E-state index >= 15 is 0 Å². The number of benzene rings is 1. The van der Waals surface area contributed by atoms with E-state index in [1.165, 1.54) is 18.2 Å². The highest BCUT2D eigenvalue weighted by Gasteiger charge is 2.13. The molecule has 0 N–H and O–H groups in total.